The zero-order valence-electron chi connectivity index (χ0n) is 12.3. The van der Waals surface area contributed by atoms with Crippen LogP contribution < -0.4 is 5.32 Å². The number of nitrogens with one attached hydrogen (secondary N) is 1. The van der Waals surface area contributed by atoms with Crippen molar-refractivity contribution in [3.8, 4) is 0 Å². The molecule has 2 rings (SSSR count). The third kappa shape index (κ3) is 3.51. The summed E-state index contributed by atoms with van der Waals surface area (Å²) in [4.78, 5) is 8.78. The molecule has 2 aromatic rings. The molecule has 0 fully saturated rings. The van der Waals surface area contributed by atoms with Gasteiger partial charge in [-0.15, -0.1) is 11.8 Å². The molecular weight excluding hydrogens is 266 g/mol. The minimum atomic E-state index is 0.948. The van der Waals surface area contributed by atoms with Crippen molar-refractivity contribution in [1.29, 1.82) is 0 Å². The van der Waals surface area contributed by atoms with E-state index in [1.165, 1.54) is 16.7 Å². The summed E-state index contributed by atoms with van der Waals surface area (Å²) < 4.78 is 0. The molecule has 0 radical (unpaired) electrons. The van der Waals surface area contributed by atoms with Crippen LogP contribution in [0.4, 0.5) is 5.82 Å². The van der Waals surface area contributed by atoms with Gasteiger partial charge in [-0.25, -0.2) is 9.97 Å². The smallest absolute Gasteiger partial charge is 0.133 e. The molecule has 3 nitrogen and oxygen atoms in total. The molecule has 1 aromatic carbocycles. The minimum Gasteiger partial charge on any atom is -0.373 e. The Labute approximate surface area is 125 Å². The van der Waals surface area contributed by atoms with Crippen LogP contribution in [0.15, 0.2) is 35.6 Å². The maximum absolute atomic E-state index is 4.46. The Kier molecular flexibility index (Phi) is 5.41. The van der Waals surface area contributed by atoms with Gasteiger partial charge in [-0.05, 0) is 24.5 Å². The van der Waals surface area contributed by atoms with Gasteiger partial charge in [0.1, 0.15) is 17.2 Å². The second-order valence-electron chi connectivity index (χ2n) is 4.72. The zero-order valence-corrected chi connectivity index (χ0v) is 13.1. The molecule has 0 amide bonds. The molecule has 0 aliphatic carbocycles. The van der Waals surface area contributed by atoms with E-state index in [4.69, 9.17) is 0 Å². The molecular formula is C16H21N3S. The van der Waals surface area contributed by atoms with Crippen LogP contribution in [0.1, 0.15) is 30.0 Å². The number of hydrogen-bond donors (Lipinski definition) is 1. The number of nitrogens with zero attached hydrogens (tertiary/aromatic N) is 2. The van der Waals surface area contributed by atoms with Gasteiger partial charge in [-0.1, -0.05) is 37.6 Å². The SMILES string of the molecule is CCCc1c(NC)ncnc1SCc1ccccc1C. The lowest BCUT2D eigenvalue weighted by Crippen LogP contribution is -2.02. The monoisotopic (exact) mass is 287 g/mol. The van der Waals surface area contributed by atoms with Crippen molar-refractivity contribution >= 4 is 17.6 Å². The van der Waals surface area contributed by atoms with Gasteiger partial charge in [-0.3, -0.25) is 0 Å². The van der Waals surface area contributed by atoms with E-state index in [1.807, 2.05) is 7.05 Å². The van der Waals surface area contributed by atoms with Crippen LogP contribution in [0.5, 0.6) is 0 Å². The molecule has 4 heteroatoms. The number of rotatable bonds is 6. The van der Waals surface area contributed by atoms with E-state index in [1.54, 1.807) is 18.1 Å². The van der Waals surface area contributed by atoms with E-state index in [0.29, 0.717) is 0 Å². The lowest BCUT2D eigenvalue weighted by atomic mass is 10.1. The number of aromatic nitrogens is 2. The van der Waals surface area contributed by atoms with Crippen LogP contribution in [0.25, 0.3) is 0 Å². The molecule has 0 unspecified atom stereocenters. The standard InChI is InChI=1S/C16H21N3S/c1-4-7-14-15(17-3)18-11-19-16(14)20-10-13-9-6-5-8-12(13)2/h5-6,8-9,11H,4,7,10H2,1-3H3,(H,17,18,19). The highest BCUT2D eigenvalue weighted by molar-refractivity contribution is 7.98. The summed E-state index contributed by atoms with van der Waals surface area (Å²) in [5.41, 5.74) is 3.93. The second kappa shape index (κ2) is 7.29. The number of anilines is 1. The fourth-order valence-corrected chi connectivity index (χ4v) is 3.24. The Morgan fingerprint density at radius 3 is 2.70 bits per heavy atom. The zero-order chi connectivity index (χ0) is 14.4. The van der Waals surface area contributed by atoms with Gasteiger partial charge in [0, 0.05) is 18.4 Å². The molecule has 1 N–H and O–H groups in total. The molecule has 1 aromatic heterocycles. The predicted molar refractivity (Wildman–Crippen MR) is 86.3 cm³/mol. The predicted octanol–water partition coefficient (Wildman–Crippen LogP) is 4.07. The molecule has 20 heavy (non-hydrogen) atoms. The van der Waals surface area contributed by atoms with E-state index < -0.39 is 0 Å². The van der Waals surface area contributed by atoms with Gasteiger partial charge in [-0.2, -0.15) is 0 Å². The van der Waals surface area contributed by atoms with Crippen LogP contribution in [-0.4, -0.2) is 17.0 Å². The number of hydrogen-bond acceptors (Lipinski definition) is 4. The van der Waals surface area contributed by atoms with Crippen LogP contribution in [0, 0.1) is 6.92 Å². The molecule has 0 atom stereocenters. The molecule has 0 spiro atoms. The van der Waals surface area contributed by atoms with Gasteiger partial charge in [0.05, 0.1) is 0 Å². The van der Waals surface area contributed by atoms with Crippen molar-refractivity contribution in [1.82, 2.24) is 9.97 Å². The molecule has 106 valence electrons. The number of benzene rings is 1. The van der Waals surface area contributed by atoms with E-state index in [9.17, 15) is 0 Å². The van der Waals surface area contributed by atoms with Crippen LogP contribution in [0.2, 0.25) is 0 Å². The molecule has 0 bridgehead atoms. The first kappa shape index (κ1) is 14.9. The molecule has 0 aliphatic rings. The van der Waals surface area contributed by atoms with Gasteiger partial charge >= 0.3 is 0 Å². The van der Waals surface area contributed by atoms with Gasteiger partial charge < -0.3 is 5.32 Å². The summed E-state index contributed by atoms with van der Waals surface area (Å²) in [5.74, 6) is 1.90. The Balaban J connectivity index is 2.19. The highest BCUT2D eigenvalue weighted by Gasteiger charge is 2.10. The topological polar surface area (TPSA) is 37.8 Å². The van der Waals surface area contributed by atoms with Gasteiger partial charge in [0.15, 0.2) is 0 Å². The normalized spacial score (nSPS) is 10.6. The Hall–Kier alpha value is -1.55. The van der Waals surface area contributed by atoms with E-state index in [-0.39, 0.29) is 0 Å². The van der Waals surface area contributed by atoms with Crippen LogP contribution in [0.3, 0.4) is 0 Å². The van der Waals surface area contributed by atoms with Crippen LogP contribution >= 0.6 is 11.8 Å². The average molecular weight is 287 g/mol. The quantitative estimate of drug-likeness (QED) is 0.642. The highest BCUT2D eigenvalue weighted by Crippen LogP contribution is 2.29. The number of aryl methyl sites for hydroxylation is 1. The maximum Gasteiger partial charge on any atom is 0.133 e. The van der Waals surface area contributed by atoms with Crippen molar-refractivity contribution < 1.29 is 0 Å². The average Bonchev–Trinajstić information content (AvgIpc) is 2.47. The summed E-state index contributed by atoms with van der Waals surface area (Å²) in [6, 6.07) is 8.51. The van der Waals surface area contributed by atoms with Crippen molar-refractivity contribution in [2.75, 3.05) is 12.4 Å². The van der Waals surface area contributed by atoms with E-state index in [2.05, 4.69) is 53.4 Å². The Bertz CT molecular complexity index is 569. The third-order valence-corrected chi connectivity index (χ3v) is 4.35. The Morgan fingerprint density at radius 1 is 1.20 bits per heavy atom. The summed E-state index contributed by atoms with van der Waals surface area (Å²) in [7, 11) is 1.91. The van der Waals surface area contributed by atoms with Crippen molar-refractivity contribution in [2.45, 2.75) is 37.5 Å². The van der Waals surface area contributed by atoms with E-state index >= 15 is 0 Å². The molecule has 0 saturated carbocycles. The van der Waals surface area contributed by atoms with Gasteiger partial charge in [0.2, 0.25) is 0 Å². The second-order valence-corrected chi connectivity index (χ2v) is 5.69. The summed E-state index contributed by atoms with van der Waals surface area (Å²) in [5, 5.41) is 4.26. The summed E-state index contributed by atoms with van der Waals surface area (Å²) in [6.45, 7) is 4.34. The minimum absolute atomic E-state index is 0.948. The van der Waals surface area contributed by atoms with Crippen molar-refractivity contribution in [2.24, 2.45) is 0 Å². The molecule has 0 aliphatic heterocycles. The Morgan fingerprint density at radius 2 is 2.00 bits per heavy atom. The number of thioether (sulfide) groups is 1. The van der Waals surface area contributed by atoms with Crippen LogP contribution in [-0.2, 0) is 12.2 Å². The van der Waals surface area contributed by atoms with Crippen molar-refractivity contribution in [3.63, 3.8) is 0 Å². The summed E-state index contributed by atoms with van der Waals surface area (Å²) >= 11 is 1.79. The fraction of sp³-hybridized carbons (Fsp3) is 0.375. The third-order valence-electron chi connectivity index (χ3n) is 3.27. The van der Waals surface area contributed by atoms with E-state index in [0.717, 1.165) is 29.4 Å². The first-order valence-corrected chi connectivity index (χ1v) is 7.93. The molecule has 0 saturated heterocycles. The van der Waals surface area contributed by atoms with Gasteiger partial charge in [0.25, 0.3) is 0 Å². The largest absolute Gasteiger partial charge is 0.373 e. The lowest BCUT2D eigenvalue weighted by Gasteiger charge is -2.12. The van der Waals surface area contributed by atoms with Crippen molar-refractivity contribution in [3.05, 3.63) is 47.3 Å². The fourth-order valence-electron chi connectivity index (χ4n) is 2.13. The molecule has 1 heterocycles. The highest BCUT2D eigenvalue weighted by atomic mass is 32.2. The maximum atomic E-state index is 4.46. The first-order chi connectivity index (χ1) is 9.76. The lowest BCUT2D eigenvalue weighted by molar-refractivity contribution is 0.858. The summed E-state index contributed by atoms with van der Waals surface area (Å²) in [6.07, 6.45) is 3.75. The first-order valence-electron chi connectivity index (χ1n) is 6.95.